The quantitative estimate of drug-likeness (QED) is 0.449. The maximum atomic E-state index is 11.3. The summed E-state index contributed by atoms with van der Waals surface area (Å²) in [4.78, 5) is 13.2. The van der Waals surface area contributed by atoms with Crippen LogP contribution < -0.4 is 4.90 Å². The Bertz CT molecular complexity index is 640. The van der Waals surface area contributed by atoms with Crippen molar-refractivity contribution in [3.05, 3.63) is 22.2 Å². The number of thioether (sulfide) groups is 1. The number of carbonyl (C=O) groups is 1. The number of nitrogens with zero attached hydrogens (tertiary/aromatic N) is 1. The Labute approximate surface area is 135 Å². The Morgan fingerprint density at radius 2 is 2.20 bits per heavy atom. The van der Waals surface area contributed by atoms with Gasteiger partial charge in [-0.05, 0) is 18.4 Å². The summed E-state index contributed by atoms with van der Waals surface area (Å²) in [6.07, 6.45) is 1.73. The number of carboxylic acids is 1. The summed E-state index contributed by atoms with van der Waals surface area (Å²) in [5.74, 6) is -0.873. The van der Waals surface area contributed by atoms with Gasteiger partial charge in [0.25, 0.3) is 0 Å². The van der Waals surface area contributed by atoms with Gasteiger partial charge in [0.05, 0.1) is 11.3 Å². The van der Waals surface area contributed by atoms with Gasteiger partial charge in [0, 0.05) is 21.8 Å². The molecule has 0 aliphatic heterocycles. The molecule has 1 aromatic rings. The maximum Gasteiger partial charge on any atom is 0.336 e. The second-order valence-electron chi connectivity index (χ2n) is 3.56. The maximum absolute atomic E-state index is 11.3. The lowest BCUT2D eigenvalue weighted by molar-refractivity contribution is 0.0693. The molecule has 9 heteroatoms. The van der Waals surface area contributed by atoms with Crippen molar-refractivity contribution in [2.75, 3.05) is 23.6 Å². The van der Waals surface area contributed by atoms with E-state index in [9.17, 15) is 18.3 Å². The van der Waals surface area contributed by atoms with E-state index in [-0.39, 0.29) is 18.0 Å². The Kier molecular flexibility index (Phi) is 6.87. The number of hydrogen-bond acceptors (Lipinski definition) is 4. The van der Waals surface area contributed by atoms with Crippen LogP contribution in [0.15, 0.2) is 21.5 Å². The lowest BCUT2D eigenvalue weighted by atomic mass is 10.2. The van der Waals surface area contributed by atoms with Crippen molar-refractivity contribution in [1.82, 2.24) is 0 Å². The Hall–Kier alpha value is -0.700. The summed E-state index contributed by atoms with van der Waals surface area (Å²) >= 11 is 10.1. The number of anilines is 1. The molecule has 5 nitrogen and oxygen atoms in total. The van der Waals surface area contributed by atoms with Crippen molar-refractivity contribution in [2.45, 2.75) is 4.90 Å². The summed E-state index contributed by atoms with van der Waals surface area (Å²) in [5, 5.41) is 9.23. The first-order chi connectivity index (χ1) is 9.40. The molecule has 1 rings (SSSR count). The van der Waals surface area contributed by atoms with E-state index < -0.39 is 16.3 Å². The van der Waals surface area contributed by atoms with Crippen LogP contribution in [0.1, 0.15) is 10.4 Å². The van der Waals surface area contributed by atoms with Gasteiger partial charge in [0.1, 0.15) is 5.49 Å². The van der Waals surface area contributed by atoms with Gasteiger partial charge in [-0.3, -0.25) is 0 Å². The van der Waals surface area contributed by atoms with Crippen LogP contribution in [-0.4, -0.2) is 43.7 Å². The van der Waals surface area contributed by atoms with Crippen LogP contribution in [0.3, 0.4) is 0 Å². The smallest absolute Gasteiger partial charge is 0.336 e. The molecule has 0 amide bonds. The molecule has 0 spiro atoms. The molecule has 1 aromatic carbocycles. The van der Waals surface area contributed by atoms with Crippen molar-refractivity contribution >= 4 is 66.7 Å². The van der Waals surface area contributed by atoms with Crippen molar-refractivity contribution in [3.8, 4) is 0 Å². The van der Waals surface area contributed by atoms with Crippen LogP contribution >= 0.6 is 39.3 Å². The molecule has 0 aliphatic rings. The highest BCUT2D eigenvalue weighted by Crippen LogP contribution is 2.35. The van der Waals surface area contributed by atoms with E-state index in [0.29, 0.717) is 15.1 Å². The molecule has 0 heterocycles. The topological polar surface area (TPSA) is 74.7 Å². The van der Waals surface area contributed by atoms with Crippen LogP contribution in [0.5, 0.6) is 0 Å². The molecule has 0 radical (unpaired) electrons. The highest BCUT2D eigenvalue weighted by atomic mass is 79.9. The van der Waals surface area contributed by atoms with E-state index in [1.54, 1.807) is 12.3 Å². The number of halogens is 2. The van der Waals surface area contributed by atoms with Gasteiger partial charge in [-0.25, -0.2) is 4.79 Å². The molecule has 110 valence electrons. The Balaban J connectivity index is 3.55. The fourth-order valence-corrected chi connectivity index (χ4v) is 3.40. The van der Waals surface area contributed by atoms with Crippen molar-refractivity contribution < 1.29 is 18.3 Å². The molecule has 20 heavy (non-hydrogen) atoms. The summed E-state index contributed by atoms with van der Waals surface area (Å²) in [7, 11) is -2.41. The predicted octanol–water partition coefficient (Wildman–Crippen LogP) is 2.55. The Morgan fingerprint density at radius 3 is 2.65 bits per heavy atom. The molecule has 0 atom stereocenters. The van der Waals surface area contributed by atoms with Gasteiger partial charge >= 0.3 is 5.97 Å². The Morgan fingerprint density at radius 1 is 1.55 bits per heavy atom. The number of rotatable bonds is 6. The van der Waals surface area contributed by atoms with Crippen molar-refractivity contribution in [3.63, 3.8) is 0 Å². The first-order valence-electron chi connectivity index (χ1n) is 5.27. The normalized spacial score (nSPS) is 10.2. The zero-order valence-corrected chi connectivity index (χ0v) is 14.3. The summed E-state index contributed by atoms with van der Waals surface area (Å²) < 4.78 is 22.3. The van der Waals surface area contributed by atoms with Gasteiger partial charge in [0.15, 0.2) is 0 Å². The predicted molar refractivity (Wildman–Crippen MR) is 85.9 cm³/mol. The van der Waals surface area contributed by atoms with Gasteiger partial charge in [-0.1, -0.05) is 15.9 Å². The van der Waals surface area contributed by atoms with E-state index in [1.165, 1.54) is 22.7 Å². The van der Waals surface area contributed by atoms with E-state index >= 15 is 0 Å². The zero-order valence-electron chi connectivity index (χ0n) is 10.3. The third-order valence-electron chi connectivity index (χ3n) is 2.32. The molecule has 0 bridgehead atoms. The molecule has 1 N–H and O–H groups in total. The first kappa shape index (κ1) is 17.4. The van der Waals surface area contributed by atoms with Crippen LogP contribution in [0.25, 0.3) is 0 Å². The van der Waals surface area contributed by atoms with E-state index in [1.807, 2.05) is 0 Å². The third kappa shape index (κ3) is 4.41. The third-order valence-corrected chi connectivity index (χ3v) is 4.21. The lowest BCUT2D eigenvalue weighted by Crippen LogP contribution is -2.25. The van der Waals surface area contributed by atoms with Crippen LogP contribution in [0.2, 0.25) is 0 Å². The van der Waals surface area contributed by atoms with Crippen LogP contribution in [0, 0.1) is 0 Å². The number of hydrogen-bond donors (Lipinski definition) is 1. The van der Waals surface area contributed by atoms with Gasteiger partial charge in [0.2, 0.25) is 10.3 Å². The number of benzene rings is 1. The number of carboxylic acid groups (broad SMARTS) is 1. The van der Waals surface area contributed by atoms with Gasteiger partial charge in [-0.2, -0.15) is 8.42 Å². The highest BCUT2D eigenvalue weighted by molar-refractivity contribution is 9.10. The monoisotopic (exact) mass is 399 g/mol. The van der Waals surface area contributed by atoms with E-state index in [4.69, 9.17) is 11.6 Å². The average molecular weight is 401 g/mol. The van der Waals surface area contributed by atoms with E-state index in [2.05, 4.69) is 15.9 Å². The fraction of sp³-hybridized carbons (Fsp3) is 0.273. The van der Waals surface area contributed by atoms with E-state index in [0.717, 1.165) is 5.49 Å². The number of aromatic carboxylic acids is 1. The number of alkyl halides is 1. The lowest BCUT2D eigenvalue weighted by Gasteiger charge is -2.21. The molecule has 0 saturated carbocycles. The second-order valence-corrected chi connectivity index (χ2v) is 6.40. The second kappa shape index (κ2) is 7.92. The molecule has 0 saturated heterocycles. The first-order valence-corrected chi connectivity index (χ1v) is 8.96. The summed E-state index contributed by atoms with van der Waals surface area (Å²) in [5.41, 5.74) is 1.57. The SMILES string of the molecule is CSc1c(C(=O)O)cc(Br)cc1N(C=S(=O)=O)CCCl. The van der Waals surface area contributed by atoms with Crippen LogP contribution in [0.4, 0.5) is 5.69 Å². The minimum absolute atomic E-state index is 0.103. The molecule has 0 unspecified atom stereocenters. The summed E-state index contributed by atoms with van der Waals surface area (Å²) in [6.45, 7) is 0.249. The van der Waals surface area contributed by atoms with Gasteiger partial charge in [-0.15, -0.1) is 23.4 Å². The fourth-order valence-electron chi connectivity index (χ4n) is 1.59. The van der Waals surface area contributed by atoms with Crippen molar-refractivity contribution in [2.24, 2.45) is 0 Å². The van der Waals surface area contributed by atoms with Crippen molar-refractivity contribution in [1.29, 1.82) is 0 Å². The van der Waals surface area contributed by atoms with Gasteiger partial charge < -0.3 is 10.0 Å². The largest absolute Gasteiger partial charge is 0.478 e. The average Bonchev–Trinajstić information content (AvgIpc) is 2.36. The molecule has 0 aromatic heterocycles. The summed E-state index contributed by atoms with van der Waals surface area (Å²) in [6, 6.07) is 3.14. The molecule has 0 aliphatic carbocycles. The zero-order chi connectivity index (χ0) is 15.3. The molecular weight excluding hydrogens is 390 g/mol. The highest BCUT2D eigenvalue weighted by Gasteiger charge is 2.18. The standard InChI is InChI=1S/C11H11BrClNO4S2/c1-19-10-8(11(15)16)4-7(12)5-9(10)14(3-2-13)6-20(17)18/h4-6H,2-3H2,1H3,(H,15,16). The minimum atomic E-state index is -2.41. The van der Waals surface area contributed by atoms with Crippen LogP contribution in [-0.2, 0) is 10.3 Å². The molecule has 0 fully saturated rings. The molecular formula is C11H11BrClNO4S2. The minimum Gasteiger partial charge on any atom is -0.478 e.